The van der Waals surface area contributed by atoms with Gasteiger partial charge in [0.15, 0.2) is 10.7 Å². The number of anilines is 1. The van der Waals surface area contributed by atoms with E-state index in [9.17, 15) is 13.2 Å². The third-order valence-electron chi connectivity index (χ3n) is 5.56. The first kappa shape index (κ1) is 22.8. The maximum Gasteiger partial charge on any atom is 0.248 e. The summed E-state index contributed by atoms with van der Waals surface area (Å²) in [6, 6.07) is 10.5. The Kier molecular flexibility index (Phi) is 6.66. The Labute approximate surface area is 192 Å². The number of rotatable bonds is 7. The summed E-state index contributed by atoms with van der Waals surface area (Å²) >= 11 is 0. The molecule has 0 spiro atoms. The van der Waals surface area contributed by atoms with Crippen LogP contribution in [-0.4, -0.2) is 44.0 Å². The van der Waals surface area contributed by atoms with Gasteiger partial charge in [-0.1, -0.05) is 5.16 Å². The predicted octanol–water partition coefficient (Wildman–Crippen LogP) is 3.79. The van der Waals surface area contributed by atoms with Gasteiger partial charge in [0.05, 0.1) is 13.4 Å². The lowest BCUT2D eigenvalue weighted by molar-refractivity contribution is -0.120. The van der Waals surface area contributed by atoms with Crippen LogP contribution in [0.2, 0.25) is 0 Å². The average molecular weight is 472 g/mol. The number of carbonyl (C=O) groups is 1. The molecule has 1 N–H and O–H groups in total. The smallest absolute Gasteiger partial charge is 0.248 e. The van der Waals surface area contributed by atoms with Crippen LogP contribution in [0.5, 0.6) is 5.75 Å². The Morgan fingerprint density at radius 3 is 2.55 bits per heavy atom. The molecule has 0 radical (unpaired) electrons. The van der Waals surface area contributed by atoms with E-state index in [4.69, 9.17) is 13.7 Å². The van der Waals surface area contributed by atoms with E-state index in [1.165, 1.54) is 16.6 Å². The van der Waals surface area contributed by atoms with E-state index in [-0.39, 0.29) is 41.3 Å². The van der Waals surface area contributed by atoms with Crippen molar-refractivity contribution < 1.29 is 26.9 Å². The summed E-state index contributed by atoms with van der Waals surface area (Å²) in [6.45, 7) is 2.06. The van der Waals surface area contributed by atoms with Crippen molar-refractivity contribution in [1.29, 1.82) is 0 Å². The third-order valence-corrected chi connectivity index (χ3v) is 7.61. The lowest BCUT2D eigenvalue weighted by Crippen LogP contribution is -2.41. The monoisotopic (exact) mass is 471 g/mol. The summed E-state index contributed by atoms with van der Waals surface area (Å²) in [7, 11) is -2.26. The van der Waals surface area contributed by atoms with Gasteiger partial charge in [0, 0.05) is 24.7 Å². The highest BCUT2D eigenvalue weighted by Crippen LogP contribution is 2.29. The molecule has 0 atom stereocenters. The number of piperidine rings is 1. The molecular formula is C23H25N3O6S. The topological polar surface area (TPSA) is 115 Å². The zero-order valence-corrected chi connectivity index (χ0v) is 19.2. The van der Waals surface area contributed by atoms with Crippen LogP contribution in [0.4, 0.5) is 5.69 Å². The summed E-state index contributed by atoms with van der Waals surface area (Å²) < 4.78 is 43.7. The van der Waals surface area contributed by atoms with Crippen LogP contribution >= 0.6 is 0 Å². The Balaban J connectivity index is 1.42. The molecule has 1 fully saturated rings. The number of nitrogens with zero attached hydrogens (tertiary/aromatic N) is 2. The first-order chi connectivity index (χ1) is 15.9. The largest absolute Gasteiger partial charge is 0.497 e. The molecule has 1 amide bonds. The second-order valence-corrected chi connectivity index (χ2v) is 9.58. The number of hydrogen-bond acceptors (Lipinski definition) is 7. The van der Waals surface area contributed by atoms with Crippen molar-refractivity contribution in [3.8, 4) is 5.75 Å². The number of nitrogens with one attached hydrogen (secondary N) is 1. The lowest BCUT2D eigenvalue weighted by atomic mass is 9.97. The minimum atomic E-state index is -3.84. The van der Waals surface area contributed by atoms with Crippen molar-refractivity contribution in [2.75, 3.05) is 25.5 Å². The van der Waals surface area contributed by atoms with Crippen LogP contribution in [-0.2, 0) is 14.8 Å². The fraction of sp³-hybridized carbons (Fsp3) is 0.304. The van der Waals surface area contributed by atoms with Gasteiger partial charge < -0.3 is 19.0 Å². The first-order valence-electron chi connectivity index (χ1n) is 10.5. The van der Waals surface area contributed by atoms with Crippen LogP contribution in [0.1, 0.15) is 30.1 Å². The van der Waals surface area contributed by atoms with Crippen LogP contribution < -0.4 is 10.1 Å². The van der Waals surface area contributed by atoms with Gasteiger partial charge in [-0.15, -0.1) is 0 Å². The average Bonchev–Trinajstić information content (AvgIpc) is 3.48. The molecule has 2 aromatic heterocycles. The highest BCUT2D eigenvalue weighted by atomic mass is 32.2. The van der Waals surface area contributed by atoms with E-state index < -0.39 is 10.0 Å². The summed E-state index contributed by atoms with van der Waals surface area (Å²) in [5.41, 5.74) is 0.956. The number of hydrogen-bond donors (Lipinski definition) is 1. The number of aryl methyl sites for hydroxylation is 1. The Morgan fingerprint density at radius 2 is 1.91 bits per heavy atom. The highest BCUT2D eigenvalue weighted by molar-refractivity contribution is 7.89. The first-order valence-corrected chi connectivity index (χ1v) is 12.0. The lowest BCUT2D eigenvalue weighted by Gasteiger charge is -2.30. The molecule has 10 heteroatoms. The quantitative estimate of drug-likeness (QED) is 0.557. The van der Waals surface area contributed by atoms with Crippen LogP contribution in [0.15, 0.2) is 56.5 Å². The molecule has 3 heterocycles. The number of aromatic nitrogens is 1. The molecule has 3 aromatic rings. The fourth-order valence-corrected chi connectivity index (χ4v) is 5.47. The van der Waals surface area contributed by atoms with Crippen molar-refractivity contribution in [3.63, 3.8) is 0 Å². The third kappa shape index (κ3) is 5.01. The number of carbonyl (C=O) groups excluding carboxylic acids is 1. The van der Waals surface area contributed by atoms with Gasteiger partial charge in [-0.25, -0.2) is 8.42 Å². The van der Waals surface area contributed by atoms with Crippen molar-refractivity contribution in [2.24, 2.45) is 5.92 Å². The number of methoxy groups -OCH3 is 1. The van der Waals surface area contributed by atoms with E-state index in [0.717, 1.165) is 0 Å². The van der Waals surface area contributed by atoms with E-state index in [0.29, 0.717) is 30.0 Å². The van der Waals surface area contributed by atoms with Crippen molar-refractivity contribution >= 4 is 33.8 Å². The summed E-state index contributed by atoms with van der Waals surface area (Å²) in [5, 5.41) is 6.73. The number of sulfonamides is 1. The Hall–Kier alpha value is -3.37. The summed E-state index contributed by atoms with van der Waals surface area (Å²) in [4.78, 5) is 12.7. The van der Waals surface area contributed by atoms with E-state index in [2.05, 4.69) is 10.5 Å². The normalized spacial score (nSPS) is 15.7. The molecule has 33 heavy (non-hydrogen) atoms. The number of benzene rings is 1. The van der Waals surface area contributed by atoms with Crippen LogP contribution in [0, 0.1) is 12.8 Å². The minimum absolute atomic E-state index is 0.0337. The number of amides is 1. The molecule has 1 aromatic carbocycles. The summed E-state index contributed by atoms with van der Waals surface area (Å²) in [5.74, 6) is 1.01. The van der Waals surface area contributed by atoms with Crippen molar-refractivity contribution in [3.05, 3.63) is 59.9 Å². The SMILES string of the molecule is COc1ccc(NC(=O)C2CCN(S(=O)(=O)c3c(C)noc3/C=C/c3ccco3)CC2)cc1. The van der Waals surface area contributed by atoms with Crippen molar-refractivity contribution in [2.45, 2.75) is 24.7 Å². The molecule has 9 nitrogen and oxygen atoms in total. The Bertz CT molecular complexity index is 1220. The van der Waals surface area contributed by atoms with Gasteiger partial charge >= 0.3 is 0 Å². The van der Waals surface area contributed by atoms with Gasteiger partial charge in [0.1, 0.15) is 17.2 Å². The van der Waals surface area contributed by atoms with Crippen LogP contribution in [0.25, 0.3) is 12.2 Å². The second kappa shape index (κ2) is 9.63. The maximum absolute atomic E-state index is 13.3. The van der Waals surface area contributed by atoms with E-state index in [1.54, 1.807) is 56.5 Å². The van der Waals surface area contributed by atoms with Gasteiger partial charge in [0.25, 0.3) is 0 Å². The Morgan fingerprint density at radius 1 is 1.18 bits per heavy atom. The molecule has 174 valence electrons. The van der Waals surface area contributed by atoms with Gasteiger partial charge in [-0.3, -0.25) is 4.79 Å². The van der Waals surface area contributed by atoms with E-state index >= 15 is 0 Å². The van der Waals surface area contributed by atoms with E-state index in [1.807, 2.05) is 0 Å². The van der Waals surface area contributed by atoms with Crippen LogP contribution in [0.3, 0.4) is 0 Å². The zero-order valence-electron chi connectivity index (χ0n) is 18.4. The number of ether oxygens (including phenoxy) is 1. The molecule has 0 saturated carbocycles. The standard InChI is InChI=1S/C23H25N3O6S/c1-16-22(21(32-25-16)10-9-20-4-3-15-31-20)33(28,29)26-13-11-17(12-14-26)23(27)24-18-5-7-19(30-2)8-6-18/h3-10,15,17H,11-14H2,1-2H3,(H,24,27)/b10-9+. The fourth-order valence-electron chi connectivity index (χ4n) is 3.75. The molecule has 0 aliphatic carbocycles. The minimum Gasteiger partial charge on any atom is -0.497 e. The zero-order chi connectivity index (χ0) is 23.4. The molecule has 4 rings (SSSR count). The molecule has 1 saturated heterocycles. The van der Waals surface area contributed by atoms with Gasteiger partial charge in [-0.2, -0.15) is 4.31 Å². The molecule has 1 aliphatic heterocycles. The summed E-state index contributed by atoms with van der Waals surface area (Å²) in [6.07, 6.45) is 5.51. The predicted molar refractivity (Wildman–Crippen MR) is 122 cm³/mol. The van der Waals surface area contributed by atoms with Gasteiger partial charge in [0.2, 0.25) is 15.9 Å². The second-order valence-electron chi connectivity index (χ2n) is 7.71. The maximum atomic E-state index is 13.3. The molecule has 0 unspecified atom stereocenters. The van der Waals surface area contributed by atoms with Crippen molar-refractivity contribution in [1.82, 2.24) is 9.46 Å². The molecule has 1 aliphatic rings. The van der Waals surface area contributed by atoms with Gasteiger partial charge in [-0.05, 0) is 68.3 Å². The molecular weight excluding hydrogens is 446 g/mol. The number of furan rings is 1. The molecule has 0 bridgehead atoms. The highest BCUT2D eigenvalue weighted by Gasteiger charge is 2.36.